The van der Waals surface area contributed by atoms with Gasteiger partial charge in [0, 0.05) is 46.2 Å². The average Bonchev–Trinajstić information content (AvgIpc) is 3.34. The molecule has 0 saturated heterocycles. The van der Waals surface area contributed by atoms with Crippen molar-refractivity contribution in [3.8, 4) is 11.3 Å². The Bertz CT molecular complexity index is 1150. The van der Waals surface area contributed by atoms with E-state index >= 15 is 0 Å². The molecule has 0 saturated carbocycles. The summed E-state index contributed by atoms with van der Waals surface area (Å²) in [6.07, 6.45) is 0.821. The molecule has 6 heteroatoms. The Morgan fingerprint density at radius 2 is 1.96 bits per heavy atom. The lowest BCUT2D eigenvalue weighted by Crippen LogP contribution is -2.36. The smallest absolute Gasteiger partial charge is 0.272 e. The third-order valence-electron chi connectivity index (χ3n) is 5.12. The van der Waals surface area contributed by atoms with Gasteiger partial charge in [0.05, 0.1) is 11.2 Å². The minimum atomic E-state index is -0.0142. The largest absolute Gasteiger partial charge is 0.357 e. The molecule has 2 N–H and O–H groups in total. The Labute approximate surface area is 164 Å². The number of para-hydroxylation sites is 1. The summed E-state index contributed by atoms with van der Waals surface area (Å²) in [7, 11) is 0. The Balaban J connectivity index is 1.44. The number of hydrogen-bond acceptors (Lipinski definition) is 2. The van der Waals surface area contributed by atoms with Crippen molar-refractivity contribution in [3.05, 3.63) is 76.0 Å². The van der Waals surface area contributed by atoms with E-state index in [0.29, 0.717) is 18.8 Å². The standard InChI is InChI=1S/C21H17BrN4O/c22-16-8-4-7-14-15-12-26(10-9-17(15)23-20(14)16)21(27)19-11-18(24-25-19)13-5-2-1-3-6-13/h1-8,11,23H,9-10,12H2,(H,24,25). The SMILES string of the molecule is O=C(c1cc(-c2ccccc2)n[nH]1)N1CCc2[nH]c3c(Br)cccc3c2C1. The van der Waals surface area contributed by atoms with E-state index in [0.717, 1.165) is 27.7 Å². The van der Waals surface area contributed by atoms with Crippen molar-refractivity contribution in [2.45, 2.75) is 13.0 Å². The molecule has 1 aliphatic heterocycles. The summed E-state index contributed by atoms with van der Waals surface area (Å²) in [5.41, 5.74) is 5.83. The van der Waals surface area contributed by atoms with Crippen molar-refractivity contribution >= 4 is 32.7 Å². The molecule has 1 amide bonds. The highest BCUT2D eigenvalue weighted by atomic mass is 79.9. The average molecular weight is 421 g/mol. The number of aromatic nitrogens is 3. The molecule has 134 valence electrons. The van der Waals surface area contributed by atoms with Gasteiger partial charge in [0.15, 0.2) is 0 Å². The normalized spacial score (nSPS) is 13.7. The molecule has 0 bridgehead atoms. The lowest BCUT2D eigenvalue weighted by atomic mass is 10.0. The first-order valence-corrected chi connectivity index (χ1v) is 9.68. The number of benzene rings is 2. The van der Waals surface area contributed by atoms with Gasteiger partial charge in [-0.15, -0.1) is 0 Å². The van der Waals surface area contributed by atoms with Gasteiger partial charge in [0.1, 0.15) is 5.69 Å². The highest BCUT2D eigenvalue weighted by Gasteiger charge is 2.26. The van der Waals surface area contributed by atoms with Gasteiger partial charge >= 0.3 is 0 Å². The maximum Gasteiger partial charge on any atom is 0.272 e. The first-order chi connectivity index (χ1) is 13.2. The third-order valence-corrected chi connectivity index (χ3v) is 5.79. The van der Waals surface area contributed by atoms with Gasteiger partial charge in [-0.3, -0.25) is 9.89 Å². The number of amides is 1. The Hall–Kier alpha value is -2.86. The maximum absolute atomic E-state index is 13.0. The fourth-order valence-electron chi connectivity index (χ4n) is 3.73. The fourth-order valence-corrected chi connectivity index (χ4v) is 4.20. The summed E-state index contributed by atoms with van der Waals surface area (Å²) in [4.78, 5) is 18.4. The van der Waals surface area contributed by atoms with E-state index in [4.69, 9.17) is 0 Å². The van der Waals surface area contributed by atoms with Crippen LogP contribution < -0.4 is 0 Å². The number of hydrogen-bond donors (Lipinski definition) is 2. The summed E-state index contributed by atoms with van der Waals surface area (Å²) in [6.45, 7) is 1.29. The van der Waals surface area contributed by atoms with Crippen LogP contribution in [0.1, 0.15) is 21.7 Å². The number of halogens is 1. The van der Waals surface area contributed by atoms with Gasteiger partial charge in [0.2, 0.25) is 0 Å². The number of nitrogens with zero attached hydrogens (tertiary/aromatic N) is 2. The molecule has 5 nitrogen and oxygen atoms in total. The van der Waals surface area contributed by atoms with Crippen LogP contribution in [0.15, 0.2) is 59.1 Å². The molecule has 0 spiro atoms. The summed E-state index contributed by atoms with van der Waals surface area (Å²) in [6, 6.07) is 17.9. The number of carbonyl (C=O) groups excluding carboxylic acids is 1. The second kappa shape index (κ2) is 6.39. The second-order valence-electron chi connectivity index (χ2n) is 6.75. The Morgan fingerprint density at radius 3 is 2.81 bits per heavy atom. The molecule has 1 aliphatic rings. The third kappa shape index (κ3) is 2.77. The molecule has 0 radical (unpaired) electrons. The highest BCUT2D eigenvalue weighted by molar-refractivity contribution is 9.10. The predicted octanol–water partition coefficient (Wildman–Crippen LogP) is 4.52. The van der Waals surface area contributed by atoms with E-state index in [2.05, 4.69) is 37.2 Å². The number of fused-ring (bicyclic) bond motifs is 3. The molecule has 0 unspecified atom stereocenters. The minimum absolute atomic E-state index is 0.0142. The van der Waals surface area contributed by atoms with Gasteiger partial charge in [-0.05, 0) is 28.1 Å². The zero-order valence-corrected chi connectivity index (χ0v) is 16.1. The maximum atomic E-state index is 13.0. The molecule has 0 aliphatic carbocycles. The molecule has 2 aromatic carbocycles. The lowest BCUT2D eigenvalue weighted by molar-refractivity contribution is 0.0729. The van der Waals surface area contributed by atoms with E-state index in [-0.39, 0.29) is 5.91 Å². The summed E-state index contributed by atoms with van der Waals surface area (Å²) < 4.78 is 1.05. The van der Waals surface area contributed by atoms with Crippen LogP contribution in [0, 0.1) is 0 Å². The summed E-state index contributed by atoms with van der Waals surface area (Å²) in [5, 5.41) is 8.39. The zero-order valence-electron chi connectivity index (χ0n) is 14.5. The number of aromatic amines is 2. The molecule has 0 atom stereocenters. The van der Waals surface area contributed by atoms with Gasteiger partial charge in [-0.25, -0.2) is 0 Å². The quantitative estimate of drug-likeness (QED) is 0.500. The predicted molar refractivity (Wildman–Crippen MR) is 108 cm³/mol. The van der Waals surface area contributed by atoms with E-state index in [9.17, 15) is 4.79 Å². The fraction of sp³-hybridized carbons (Fsp3) is 0.143. The molecular formula is C21H17BrN4O. The van der Waals surface area contributed by atoms with E-state index < -0.39 is 0 Å². The van der Waals surface area contributed by atoms with Crippen molar-refractivity contribution in [1.82, 2.24) is 20.1 Å². The molecule has 5 rings (SSSR count). The van der Waals surface area contributed by atoms with E-state index in [1.165, 1.54) is 16.6 Å². The van der Waals surface area contributed by atoms with Crippen LogP contribution in [0.25, 0.3) is 22.2 Å². The van der Waals surface area contributed by atoms with Crippen molar-refractivity contribution in [2.24, 2.45) is 0 Å². The molecular weight excluding hydrogens is 404 g/mol. The molecule has 3 heterocycles. The van der Waals surface area contributed by atoms with Gasteiger partial charge in [-0.2, -0.15) is 5.10 Å². The van der Waals surface area contributed by atoms with Crippen LogP contribution in [0.2, 0.25) is 0 Å². The summed E-state index contributed by atoms with van der Waals surface area (Å²) >= 11 is 3.60. The van der Waals surface area contributed by atoms with E-state index in [1.807, 2.05) is 53.4 Å². The van der Waals surface area contributed by atoms with Crippen LogP contribution in [0.3, 0.4) is 0 Å². The first kappa shape index (κ1) is 16.3. The monoisotopic (exact) mass is 420 g/mol. The van der Waals surface area contributed by atoms with Crippen LogP contribution in [-0.4, -0.2) is 32.5 Å². The molecule has 27 heavy (non-hydrogen) atoms. The van der Waals surface area contributed by atoms with Crippen LogP contribution in [0.5, 0.6) is 0 Å². The van der Waals surface area contributed by atoms with Crippen LogP contribution >= 0.6 is 15.9 Å². The molecule has 0 fully saturated rings. The highest BCUT2D eigenvalue weighted by Crippen LogP contribution is 2.32. The summed E-state index contributed by atoms with van der Waals surface area (Å²) in [5.74, 6) is -0.0142. The number of H-pyrrole nitrogens is 2. The van der Waals surface area contributed by atoms with Crippen LogP contribution in [-0.2, 0) is 13.0 Å². The molecule has 4 aromatic rings. The first-order valence-electron chi connectivity index (χ1n) is 8.89. The zero-order chi connectivity index (χ0) is 18.4. The Kier molecular flexibility index (Phi) is 3.86. The van der Waals surface area contributed by atoms with Gasteiger partial charge < -0.3 is 9.88 Å². The van der Waals surface area contributed by atoms with Crippen molar-refractivity contribution < 1.29 is 4.79 Å². The van der Waals surface area contributed by atoms with Gasteiger partial charge in [0.25, 0.3) is 5.91 Å². The number of nitrogens with one attached hydrogen (secondary N) is 2. The van der Waals surface area contributed by atoms with Crippen molar-refractivity contribution in [3.63, 3.8) is 0 Å². The van der Waals surface area contributed by atoms with E-state index in [1.54, 1.807) is 0 Å². The topological polar surface area (TPSA) is 64.8 Å². The van der Waals surface area contributed by atoms with Crippen molar-refractivity contribution in [2.75, 3.05) is 6.54 Å². The number of carbonyl (C=O) groups is 1. The van der Waals surface area contributed by atoms with Gasteiger partial charge in [-0.1, -0.05) is 42.5 Å². The van der Waals surface area contributed by atoms with Crippen LogP contribution in [0.4, 0.5) is 0 Å². The molecule has 2 aromatic heterocycles. The lowest BCUT2D eigenvalue weighted by Gasteiger charge is -2.26. The minimum Gasteiger partial charge on any atom is -0.357 e. The number of rotatable bonds is 2. The second-order valence-corrected chi connectivity index (χ2v) is 7.61. The Morgan fingerprint density at radius 1 is 1.11 bits per heavy atom. The van der Waals surface area contributed by atoms with Crippen molar-refractivity contribution in [1.29, 1.82) is 0 Å².